The Morgan fingerprint density at radius 3 is 2.68 bits per heavy atom. The van der Waals surface area contributed by atoms with Gasteiger partial charge in [-0.2, -0.15) is 0 Å². The first-order valence-corrected chi connectivity index (χ1v) is 6.90. The Labute approximate surface area is 120 Å². The summed E-state index contributed by atoms with van der Waals surface area (Å²) in [5, 5.41) is 0. The van der Waals surface area contributed by atoms with E-state index in [1.165, 1.54) is 22.3 Å². The third-order valence-corrected chi connectivity index (χ3v) is 4.07. The molecule has 0 aliphatic carbocycles. The monoisotopic (exact) mass is 315 g/mol. The molecule has 0 aliphatic heterocycles. The van der Waals surface area contributed by atoms with Crippen molar-refractivity contribution in [1.29, 1.82) is 0 Å². The van der Waals surface area contributed by atoms with Crippen LogP contribution in [-0.4, -0.2) is 11.5 Å². The van der Waals surface area contributed by atoms with E-state index in [0.29, 0.717) is 0 Å². The molecule has 1 aromatic carbocycles. The molecule has 2 aromatic heterocycles. The molecule has 0 radical (unpaired) electrons. The highest BCUT2D eigenvalue weighted by molar-refractivity contribution is 9.10. The molecule has 19 heavy (non-hydrogen) atoms. The van der Waals surface area contributed by atoms with Crippen molar-refractivity contribution >= 4 is 21.4 Å². The SMILES string of the molecule is COc1cccc(-c2cc3c(Br)cccn3c2C)c1. The molecule has 0 aliphatic rings. The number of aromatic nitrogens is 1. The molecule has 0 unspecified atom stereocenters. The number of methoxy groups -OCH3 is 1. The fourth-order valence-corrected chi connectivity index (χ4v) is 2.84. The normalized spacial score (nSPS) is 10.9. The molecular weight excluding hydrogens is 302 g/mol. The fraction of sp³-hybridized carbons (Fsp3) is 0.125. The van der Waals surface area contributed by atoms with Crippen LogP contribution in [-0.2, 0) is 0 Å². The Morgan fingerprint density at radius 2 is 1.95 bits per heavy atom. The average Bonchev–Trinajstić information content (AvgIpc) is 2.78. The quantitative estimate of drug-likeness (QED) is 0.669. The van der Waals surface area contributed by atoms with Gasteiger partial charge in [0.25, 0.3) is 0 Å². The van der Waals surface area contributed by atoms with Crippen LogP contribution in [0.1, 0.15) is 5.69 Å². The van der Waals surface area contributed by atoms with E-state index >= 15 is 0 Å². The maximum atomic E-state index is 5.30. The van der Waals surface area contributed by atoms with Crippen LogP contribution in [0, 0.1) is 6.92 Å². The zero-order valence-corrected chi connectivity index (χ0v) is 12.4. The Balaban J connectivity index is 2.25. The summed E-state index contributed by atoms with van der Waals surface area (Å²) < 4.78 is 8.60. The molecular formula is C16H14BrNO. The maximum Gasteiger partial charge on any atom is 0.119 e. The molecule has 0 fully saturated rings. The third-order valence-electron chi connectivity index (χ3n) is 3.39. The summed E-state index contributed by atoms with van der Waals surface area (Å²) in [6.07, 6.45) is 2.08. The molecule has 2 nitrogen and oxygen atoms in total. The minimum Gasteiger partial charge on any atom is -0.497 e. The van der Waals surface area contributed by atoms with Gasteiger partial charge in [0.05, 0.1) is 12.6 Å². The first-order valence-electron chi connectivity index (χ1n) is 6.11. The van der Waals surface area contributed by atoms with Crippen LogP contribution in [0.5, 0.6) is 5.75 Å². The molecule has 0 N–H and O–H groups in total. The minimum atomic E-state index is 0.881. The Hall–Kier alpha value is -1.74. The maximum absolute atomic E-state index is 5.30. The molecule has 3 heteroatoms. The van der Waals surface area contributed by atoms with Crippen molar-refractivity contribution in [2.24, 2.45) is 0 Å². The second-order valence-electron chi connectivity index (χ2n) is 4.49. The number of benzene rings is 1. The predicted molar refractivity (Wildman–Crippen MR) is 81.8 cm³/mol. The van der Waals surface area contributed by atoms with Gasteiger partial charge in [-0.1, -0.05) is 12.1 Å². The van der Waals surface area contributed by atoms with E-state index in [4.69, 9.17) is 4.74 Å². The van der Waals surface area contributed by atoms with Gasteiger partial charge in [0.2, 0.25) is 0 Å². The average molecular weight is 316 g/mol. The van der Waals surface area contributed by atoms with Crippen molar-refractivity contribution < 1.29 is 4.74 Å². The summed E-state index contributed by atoms with van der Waals surface area (Å²) in [6.45, 7) is 2.13. The Morgan fingerprint density at radius 1 is 1.11 bits per heavy atom. The molecule has 96 valence electrons. The largest absolute Gasteiger partial charge is 0.497 e. The Bertz CT molecular complexity index is 746. The smallest absolute Gasteiger partial charge is 0.119 e. The zero-order chi connectivity index (χ0) is 13.4. The van der Waals surface area contributed by atoms with Crippen LogP contribution in [0.15, 0.2) is 53.1 Å². The van der Waals surface area contributed by atoms with Crippen molar-refractivity contribution in [2.75, 3.05) is 7.11 Å². The second kappa shape index (κ2) is 4.74. The number of halogens is 1. The van der Waals surface area contributed by atoms with Gasteiger partial charge in [0.15, 0.2) is 0 Å². The van der Waals surface area contributed by atoms with Crippen molar-refractivity contribution in [2.45, 2.75) is 6.92 Å². The number of hydrogen-bond donors (Lipinski definition) is 0. The summed E-state index contributed by atoms with van der Waals surface area (Å²) in [5.41, 5.74) is 4.81. The number of aryl methyl sites for hydroxylation is 1. The van der Waals surface area contributed by atoms with Gasteiger partial charge in [-0.3, -0.25) is 0 Å². The van der Waals surface area contributed by atoms with Crippen molar-refractivity contribution in [3.8, 4) is 16.9 Å². The van der Waals surface area contributed by atoms with Crippen molar-refractivity contribution in [3.05, 3.63) is 58.8 Å². The van der Waals surface area contributed by atoms with Crippen molar-refractivity contribution in [1.82, 2.24) is 4.40 Å². The molecule has 3 aromatic rings. The second-order valence-corrected chi connectivity index (χ2v) is 5.34. The number of rotatable bonds is 2. The zero-order valence-electron chi connectivity index (χ0n) is 10.9. The van der Waals surface area contributed by atoms with Gasteiger partial charge in [-0.25, -0.2) is 0 Å². The fourth-order valence-electron chi connectivity index (χ4n) is 2.38. The van der Waals surface area contributed by atoms with E-state index in [1.807, 2.05) is 18.2 Å². The van der Waals surface area contributed by atoms with Gasteiger partial charge in [0, 0.05) is 21.9 Å². The van der Waals surface area contributed by atoms with Gasteiger partial charge < -0.3 is 9.14 Å². The topological polar surface area (TPSA) is 13.6 Å². The lowest BCUT2D eigenvalue weighted by Gasteiger charge is -2.04. The number of pyridine rings is 1. The lowest BCUT2D eigenvalue weighted by atomic mass is 10.1. The third kappa shape index (κ3) is 2.04. The van der Waals surface area contributed by atoms with Crippen LogP contribution >= 0.6 is 15.9 Å². The number of fused-ring (bicyclic) bond motifs is 1. The van der Waals surface area contributed by atoms with Crippen LogP contribution in [0.25, 0.3) is 16.6 Å². The van der Waals surface area contributed by atoms with E-state index in [1.54, 1.807) is 7.11 Å². The molecule has 3 rings (SSSR count). The van der Waals surface area contributed by atoms with Gasteiger partial charge in [-0.15, -0.1) is 0 Å². The molecule has 0 saturated heterocycles. The summed E-state index contributed by atoms with van der Waals surface area (Å²) in [5.74, 6) is 0.881. The van der Waals surface area contributed by atoms with Gasteiger partial charge >= 0.3 is 0 Å². The molecule has 0 spiro atoms. The van der Waals surface area contributed by atoms with Crippen LogP contribution in [0.3, 0.4) is 0 Å². The number of hydrogen-bond acceptors (Lipinski definition) is 1. The minimum absolute atomic E-state index is 0.881. The molecule has 2 heterocycles. The first-order chi connectivity index (χ1) is 9.20. The first kappa shape index (κ1) is 12.3. The van der Waals surface area contributed by atoms with Crippen molar-refractivity contribution in [3.63, 3.8) is 0 Å². The van der Waals surface area contributed by atoms with Crippen LogP contribution in [0.4, 0.5) is 0 Å². The predicted octanol–water partition coefficient (Wildman–Crippen LogP) is 4.69. The number of ether oxygens (including phenoxy) is 1. The molecule has 0 saturated carbocycles. The Kier molecular flexibility index (Phi) is 3.07. The molecule has 0 bridgehead atoms. The summed E-state index contributed by atoms with van der Waals surface area (Å²) >= 11 is 3.60. The standard InChI is InChI=1S/C16H14BrNO/c1-11-14(12-5-3-6-13(9-12)19-2)10-16-15(17)7-4-8-18(11)16/h3-10H,1-2H3. The van der Waals surface area contributed by atoms with E-state index < -0.39 is 0 Å². The van der Waals surface area contributed by atoms with E-state index in [2.05, 4.69) is 57.7 Å². The van der Waals surface area contributed by atoms with Crippen LogP contribution < -0.4 is 4.74 Å². The summed E-state index contributed by atoms with van der Waals surface area (Å²) in [4.78, 5) is 0. The van der Waals surface area contributed by atoms with E-state index in [9.17, 15) is 0 Å². The highest BCUT2D eigenvalue weighted by atomic mass is 79.9. The number of nitrogens with zero attached hydrogens (tertiary/aromatic N) is 1. The van der Waals surface area contributed by atoms with Gasteiger partial charge in [0.1, 0.15) is 5.75 Å². The lowest BCUT2D eigenvalue weighted by molar-refractivity contribution is 0.415. The van der Waals surface area contributed by atoms with Crippen LogP contribution in [0.2, 0.25) is 0 Å². The highest BCUT2D eigenvalue weighted by Gasteiger charge is 2.10. The molecule has 0 amide bonds. The van der Waals surface area contributed by atoms with E-state index in [-0.39, 0.29) is 0 Å². The lowest BCUT2D eigenvalue weighted by Crippen LogP contribution is -1.88. The summed E-state index contributed by atoms with van der Waals surface area (Å²) in [6, 6.07) is 14.5. The van der Waals surface area contributed by atoms with Gasteiger partial charge in [-0.05, 0) is 58.7 Å². The van der Waals surface area contributed by atoms with E-state index in [0.717, 1.165) is 10.2 Å². The molecule has 0 atom stereocenters. The highest BCUT2D eigenvalue weighted by Crippen LogP contribution is 2.32. The summed E-state index contributed by atoms with van der Waals surface area (Å²) in [7, 11) is 1.69.